The van der Waals surface area contributed by atoms with Gasteiger partial charge in [-0.2, -0.15) is 0 Å². The number of aliphatic hydroxyl groups excluding tert-OH is 2. The molecule has 0 amide bonds. The molecule has 0 bridgehead atoms. The summed E-state index contributed by atoms with van der Waals surface area (Å²) >= 11 is 0. The first-order chi connectivity index (χ1) is 24.0. The minimum absolute atomic E-state index is 0.0613. The molecule has 2 N–H and O–H groups in total. The van der Waals surface area contributed by atoms with Crippen molar-refractivity contribution in [3.05, 3.63) is 24.3 Å². The molecule has 286 valence electrons. The van der Waals surface area contributed by atoms with E-state index in [0.717, 1.165) is 38.5 Å². The molecule has 0 aromatic rings. The Morgan fingerprint density at radius 1 is 0.612 bits per heavy atom. The summed E-state index contributed by atoms with van der Waals surface area (Å²) in [4.78, 5) is 24.9. The number of ether oxygens (including phenoxy) is 3. The van der Waals surface area contributed by atoms with Gasteiger partial charge in [0.05, 0.1) is 13.2 Å². The zero-order valence-corrected chi connectivity index (χ0v) is 31.8. The largest absolute Gasteiger partial charge is 0.454 e. The summed E-state index contributed by atoms with van der Waals surface area (Å²) < 4.78 is 16.5. The fourth-order valence-electron chi connectivity index (χ4n) is 6.57. The number of aliphatic hydroxyl groups is 2. The van der Waals surface area contributed by atoms with Crippen LogP contribution in [0.15, 0.2) is 24.3 Å². The van der Waals surface area contributed by atoms with Crippen LogP contribution in [0.5, 0.6) is 0 Å². The fourth-order valence-corrected chi connectivity index (χ4v) is 6.57. The maximum Gasteiger partial charge on any atom is 0.330 e. The highest BCUT2D eigenvalue weighted by Crippen LogP contribution is 2.23. The Bertz CT molecular complexity index is 826. The van der Waals surface area contributed by atoms with E-state index in [9.17, 15) is 19.8 Å². The molecular formula is C42H76O7. The molecule has 49 heavy (non-hydrogen) atoms. The lowest BCUT2D eigenvalue weighted by Crippen LogP contribution is -2.45. The van der Waals surface area contributed by atoms with Crippen molar-refractivity contribution in [1.82, 2.24) is 0 Å². The number of unbranched alkanes of at least 4 members (excludes halogenated alkanes) is 26. The number of allylic oxidation sites excluding steroid dienone is 2. The van der Waals surface area contributed by atoms with Crippen LogP contribution in [0.3, 0.4) is 0 Å². The first-order valence-corrected chi connectivity index (χ1v) is 20.7. The molecule has 7 heteroatoms. The molecule has 7 nitrogen and oxygen atoms in total. The molecule has 0 saturated carbocycles. The Balaban J connectivity index is 2.16. The lowest BCUT2D eigenvalue weighted by atomic mass is 10.0. The molecule has 1 aliphatic rings. The number of rotatable bonds is 34. The summed E-state index contributed by atoms with van der Waals surface area (Å²) in [6, 6.07) is 0. The second-order valence-electron chi connectivity index (χ2n) is 14.3. The first-order valence-electron chi connectivity index (χ1n) is 20.7. The predicted octanol–water partition coefficient (Wildman–Crippen LogP) is 10.6. The molecule has 0 unspecified atom stereocenters. The van der Waals surface area contributed by atoms with Crippen LogP contribution >= 0.6 is 0 Å². The molecule has 4 atom stereocenters. The Kier molecular flexibility index (Phi) is 30.9. The van der Waals surface area contributed by atoms with Crippen LogP contribution in [-0.2, 0) is 23.8 Å². The van der Waals surface area contributed by atoms with Crippen molar-refractivity contribution in [3.63, 3.8) is 0 Å². The monoisotopic (exact) mass is 693 g/mol. The fraction of sp³-hybridized carbons (Fsp3) is 0.857. The summed E-state index contributed by atoms with van der Waals surface area (Å²) in [7, 11) is 0. The molecule has 0 aromatic heterocycles. The minimum Gasteiger partial charge on any atom is -0.454 e. The van der Waals surface area contributed by atoms with Crippen molar-refractivity contribution in [2.45, 2.75) is 218 Å². The van der Waals surface area contributed by atoms with E-state index in [1.165, 1.54) is 153 Å². The summed E-state index contributed by atoms with van der Waals surface area (Å²) in [5, 5.41) is 20.3. The van der Waals surface area contributed by atoms with E-state index in [2.05, 4.69) is 13.8 Å². The SMILES string of the molecule is CCCCCCCCCCCCCCCC=CC(=O)O[C@H]1[C@@H]([C@@H](CO)OC(=O)C=CCCCCCCCCCCCCCCC)OC[C@@H]1O. The highest BCUT2D eigenvalue weighted by Gasteiger charge is 2.45. The molecule has 1 fully saturated rings. The third kappa shape index (κ3) is 25.8. The van der Waals surface area contributed by atoms with Crippen LogP contribution in [0, 0.1) is 0 Å². The zero-order valence-electron chi connectivity index (χ0n) is 31.8. The Morgan fingerprint density at radius 2 is 0.980 bits per heavy atom. The van der Waals surface area contributed by atoms with Crippen molar-refractivity contribution < 1.29 is 34.0 Å². The average molecular weight is 693 g/mol. The van der Waals surface area contributed by atoms with Gasteiger partial charge in [-0.1, -0.05) is 180 Å². The molecule has 0 aliphatic carbocycles. The third-order valence-corrected chi connectivity index (χ3v) is 9.69. The van der Waals surface area contributed by atoms with Gasteiger partial charge < -0.3 is 24.4 Å². The number of hydrogen-bond donors (Lipinski definition) is 2. The minimum atomic E-state index is -1.05. The molecule has 0 aromatic carbocycles. The molecule has 0 spiro atoms. The number of carbonyl (C=O) groups is 2. The maximum absolute atomic E-state index is 12.5. The van der Waals surface area contributed by atoms with E-state index < -0.39 is 43.0 Å². The van der Waals surface area contributed by atoms with Crippen LogP contribution in [0.1, 0.15) is 194 Å². The average Bonchev–Trinajstić information content (AvgIpc) is 3.45. The Labute approximate surface area is 301 Å². The third-order valence-electron chi connectivity index (χ3n) is 9.69. The maximum atomic E-state index is 12.5. The van der Waals surface area contributed by atoms with Gasteiger partial charge in [-0.25, -0.2) is 9.59 Å². The quantitative estimate of drug-likeness (QED) is 0.0393. The van der Waals surface area contributed by atoms with E-state index in [1.807, 2.05) is 6.08 Å². The van der Waals surface area contributed by atoms with Gasteiger partial charge in [0, 0.05) is 12.2 Å². The van der Waals surface area contributed by atoms with Crippen LogP contribution in [0.2, 0.25) is 0 Å². The summed E-state index contributed by atoms with van der Waals surface area (Å²) in [5.74, 6) is -1.16. The lowest BCUT2D eigenvalue weighted by molar-refractivity contribution is -0.165. The van der Waals surface area contributed by atoms with Crippen LogP contribution < -0.4 is 0 Å². The Hall–Kier alpha value is -1.70. The van der Waals surface area contributed by atoms with Gasteiger partial charge in [0.25, 0.3) is 0 Å². The van der Waals surface area contributed by atoms with Gasteiger partial charge in [-0.15, -0.1) is 0 Å². The molecule has 1 rings (SSSR count). The topological polar surface area (TPSA) is 102 Å². The van der Waals surface area contributed by atoms with Gasteiger partial charge in [-0.05, 0) is 25.7 Å². The van der Waals surface area contributed by atoms with Crippen molar-refractivity contribution in [2.24, 2.45) is 0 Å². The number of hydrogen-bond acceptors (Lipinski definition) is 7. The van der Waals surface area contributed by atoms with Gasteiger partial charge in [0.15, 0.2) is 12.2 Å². The number of esters is 2. The standard InChI is InChI=1S/C42H76O7/c1-3-5-7-9-11-13-15-17-19-21-23-25-27-29-31-33-39(45)48-38(35-43)42-41(37(44)36-47-42)49-40(46)34-32-30-28-26-24-22-20-18-16-14-12-10-8-6-4-2/h31-34,37-38,41-44H,3-30,35-36H2,1-2H3/t37-,38+,41+,42+/m0/s1. The smallest absolute Gasteiger partial charge is 0.330 e. The molecule has 0 radical (unpaired) electrons. The van der Waals surface area contributed by atoms with E-state index >= 15 is 0 Å². The molecular weight excluding hydrogens is 616 g/mol. The summed E-state index contributed by atoms with van der Waals surface area (Å²) in [6.07, 6.45) is 37.7. The molecule has 1 saturated heterocycles. The number of carbonyl (C=O) groups excluding carboxylic acids is 2. The van der Waals surface area contributed by atoms with E-state index in [4.69, 9.17) is 14.2 Å². The van der Waals surface area contributed by atoms with Crippen molar-refractivity contribution in [1.29, 1.82) is 0 Å². The predicted molar refractivity (Wildman–Crippen MR) is 201 cm³/mol. The molecule has 1 aliphatic heterocycles. The van der Waals surface area contributed by atoms with E-state index in [-0.39, 0.29) is 6.61 Å². The van der Waals surface area contributed by atoms with Gasteiger partial charge in [-0.3, -0.25) is 0 Å². The summed E-state index contributed by atoms with van der Waals surface area (Å²) in [6.45, 7) is 3.96. The zero-order chi connectivity index (χ0) is 35.6. The van der Waals surface area contributed by atoms with Crippen LogP contribution in [0.4, 0.5) is 0 Å². The second-order valence-corrected chi connectivity index (χ2v) is 14.3. The Morgan fingerprint density at radius 3 is 1.37 bits per heavy atom. The molecule has 1 heterocycles. The van der Waals surface area contributed by atoms with Crippen molar-refractivity contribution in [2.75, 3.05) is 13.2 Å². The van der Waals surface area contributed by atoms with Crippen LogP contribution in [0.25, 0.3) is 0 Å². The van der Waals surface area contributed by atoms with Crippen molar-refractivity contribution >= 4 is 11.9 Å². The summed E-state index contributed by atoms with van der Waals surface area (Å²) in [5.41, 5.74) is 0. The van der Waals surface area contributed by atoms with E-state index in [1.54, 1.807) is 6.08 Å². The van der Waals surface area contributed by atoms with Crippen LogP contribution in [-0.4, -0.2) is 59.8 Å². The van der Waals surface area contributed by atoms with Gasteiger partial charge >= 0.3 is 11.9 Å². The highest BCUT2D eigenvalue weighted by atomic mass is 16.6. The van der Waals surface area contributed by atoms with Gasteiger partial charge in [0.2, 0.25) is 0 Å². The van der Waals surface area contributed by atoms with Gasteiger partial charge in [0.1, 0.15) is 12.2 Å². The second kappa shape index (κ2) is 33.4. The van der Waals surface area contributed by atoms with E-state index in [0.29, 0.717) is 0 Å². The normalized spacial score (nSPS) is 18.5. The van der Waals surface area contributed by atoms with Crippen molar-refractivity contribution in [3.8, 4) is 0 Å². The first kappa shape index (κ1) is 45.3. The lowest BCUT2D eigenvalue weighted by Gasteiger charge is -2.26. The highest BCUT2D eigenvalue weighted by molar-refractivity contribution is 5.82.